The molecule has 174 valence electrons. The number of aliphatic imine (C=N–C) groups is 1. The Hall–Kier alpha value is -2.64. The normalized spacial score (nSPS) is 15.1. The van der Waals surface area contributed by atoms with Gasteiger partial charge in [-0.1, -0.05) is 18.2 Å². The first-order chi connectivity index (χ1) is 15.8. The molecule has 7 nitrogen and oxygen atoms in total. The third kappa shape index (κ3) is 8.13. The summed E-state index contributed by atoms with van der Waals surface area (Å²) in [5.74, 6) is 1.81. The summed E-state index contributed by atoms with van der Waals surface area (Å²) >= 11 is 0. The maximum Gasteiger partial charge on any atom is 0.194 e. The van der Waals surface area contributed by atoms with Gasteiger partial charge in [0.2, 0.25) is 0 Å². The van der Waals surface area contributed by atoms with Gasteiger partial charge in [0.25, 0.3) is 0 Å². The molecule has 0 saturated carbocycles. The third-order valence-corrected chi connectivity index (χ3v) is 5.37. The number of nitrogens with one attached hydrogen (secondary N) is 1. The van der Waals surface area contributed by atoms with Crippen LogP contribution in [0.4, 0.5) is 0 Å². The standard InChI is InChI=1S/C25H36N4O3/c1-3-26-25(29-15-12-24(13-16-29)31-18-6-17-30-2)28-19-21-8-10-23(11-9-21)32-20-22-7-4-5-14-27-22/h4-5,7-11,14,24H,3,6,12-13,15-20H2,1-2H3,(H,26,28). The second-order valence-electron chi connectivity index (χ2n) is 7.83. The van der Waals surface area contributed by atoms with Crippen molar-refractivity contribution in [1.29, 1.82) is 0 Å². The van der Waals surface area contributed by atoms with E-state index in [1.807, 2.05) is 30.3 Å². The van der Waals surface area contributed by atoms with Crippen molar-refractivity contribution in [2.75, 3.05) is 40.0 Å². The lowest BCUT2D eigenvalue weighted by atomic mass is 10.1. The van der Waals surface area contributed by atoms with E-state index in [1.165, 1.54) is 0 Å². The van der Waals surface area contributed by atoms with Crippen LogP contribution in [0.3, 0.4) is 0 Å². The van der Waals surface area contributed by atoms with Crippen LogP contribution in [-0.4, -0.2) is 61.9 Å². The van der Waals surface area contributed by atoms with Gasteiger partial charge >= 0.3 is 0 Å². The lowest BCUT2D eigenvalue weighted by Crippen LogP contribution is -2.47. The van der Waals surface area contributed by atoms with Gasteiger partial charge in [0.05, 0.1) is 18.3 Å². The second-order valence-corrected chi connectivity index (χ2v) is 7.83. The van der Waals surface area contributed by atoms with Gasteiger partial charge in [0, 0.05) is 46.2 Å². The van der Waals surface area contributed by atoms with Crippen molar-refractivity contribution >= 4 is 5.96 Å². The molecule has 7 heteroatoms. The maximum absolute atomic E-state index is 5.98. The highest BCUT2D eigenvalue weighted by molar-refractivity contribution is 5.80. The highest BCUT2D eigenvalue weighted by Crippen LogP contribution is 2.16. The molecular weight excluding hydrogens is 404 g/mol. The number of piperidine rings is 1. The summed E-state index contributed by atoms with van der Waals surface area (Å²) in [7, 11) is 1.73. The van der Waals surface area contributed by atoms with Gasteiger partial charge in [0.15, 0.2) is 5.96 Å². The number of likely N-dealkylation sites (tertiary alicyclic amines) is 1. The molecule has 1 fully saturated rings. The number of benzene rings is 1. The van der Waals surface area contributed by atoms with Crippen molar-refractivity contribution in [2.24, 2.45) is 4.99 Å². The Bertz CT molecular complexity index is 791. The van der Waals surface area contributed by atoms with Gasteiger partial charge < -0.3 is 24.4 Å². The van der Waals surface area contributed by atoms with E-state index in [1.54, 1.807) is 13.3 Å². The fraction of sp³-hybridized carbons (Fsp3) is 0.520. The van der Waals surface area contributed by atoms with E-state index in [-0.39, 0.29) is 0 Å². The molecule has 1 aromatic heterocycles. The number of pyridine rings is 1. The molecule has 1 aliphatic rings. The topological polar surface area (TPSA) is 68.2 Å². The van der Waals surface area contributed by atoms with E-state index in [2.05, 4.69) is 34.3 Å². The van der Waals surface area contributed by atoms with Crippen molar-refractivity contribution in [3.63, 3.8) is 0 Å². The molecule has 0 bridgehead atoms. The van der Waals surface area contributed by atoms with Gasteiger partial charge in [-0.25, -0.2) is 4.99 Å². The van der Waals surface area contributed by atoms with E-state index >= 15 is 0 Å². The molecule has 2 aromatic rings. The molecule has 0 amide bonds. The van der Waals surface area contributed by atoms with Gasteiger partial charge in [0.1, 0.15) is 12.4 Å². The van der Waals surface area contributed by atoms with Crippen molar-refractivity contribution in [1.82, 2.24) is 15.2 Å². The summed E-state index contributed by atoms with van der Waals surface area (Å²) in [6, 6.07) is 14.0. The Kier molecular flexibility index (Phi) is 10.3. The smallest absolute Gasteiger partial charge is 0.194 e. The van der Waals surface area contributed by atoms with Crippen LogP contribution in [0.2, 0.25) is 0 Å². The van der Waals surface area contributed by atoms with Gasteiger partial charge in [-0.3, -0.25) is 4.98 Å². The van der Waals surface area contributed by atoms with Crippen LogP contribution < -0.4 is 10.1 Å². The SMILES string of the molecule is CCNC(=NCc1ccc(OCc2ccccn2)cc1)N1CCC(OCCCOC)CC1. The summed E-state index contributed by atoms with van der Waals surface area (Å²) in [6.45, 7) is 7.51. The lowest BCUT2D eigenvalue weighted by molar-refractivity contribution is 0.00990. The number of nitrogens with zero attached hydrogens (tertiary/aromatic N) is 3. The molecule has 0 radical (unpaired) electrons. The van der Waals surface area contributed by atoms with Crippen molar-refractivity contribution in [2.45, 2.75) is 45.4 Å². The van der Waals surface area contributed by atoms with E-state index in [4.69, 9.17) is 19.2 Å². The van der Waals surface area contributed by atoms with Crippen LogP contribution in [-0.2, 0) is 22.6 Å². The molecule has 32 heavy (non-hydrogen) atoms. The summed E-state index contributed by atoms with van der Waals surface area (Å²) in [6.07, 6.45) is 5.12. The molecule has 1 saturated heterocycles. The first-order valence-corrected chi connectivity index (χ1v) is 11.5. The Balaban J connectivity index is 1.46. The van der Waals surface area contributed by atoms with Crippen molar-refractivity contribution in [3.8, 4) is 5.75 Å². The average Bonchev–Trinajstić information content (AvgIpc) is 2.85. The van der Waals surface area contributed by atoms with Crippen LogP contribution in [0.1, 0.15) is 37.4 Å². The highest BCUT2D eigenvalue weighted by atomic mass is 16.5. The summed E-state index contributed by atoms with van der Waals surface area (Å²) in [5.41, 5.74) is 2.07. The highest BCUT2D eigenvalue weighted by Gasteiger charge is 2.21. The molecule has 0 aliphatic carbocycles. The molecule has 0 unspecified atom stereocenters. The van der Waals surface area contributed by atoms with Crippen LogP contribution in [0.25, 0.3) is 0 Å². The number of aromatic nitrogens is 1. The number of rotatable bonds is 11. The number of hydrogen-bond acceptors (Lipinski definition) is 5. The van der Waals surface area contributed by atoms with Gasteiger partial charge in [-0.05, 0) is 56.0 Å². The van der Waals surface area contributed by atoms with Crippen molar-refractivity contribution in [3.05, 3.63) is 59.9 Å². The minimum atomic E-state index is 0.338. The number of hydrogen-bond donors (Lipinski definition) is 1. The van der Waals surface area contributed by atoms with Crippen LogP contribution >= 0.6 is 0 Å². The second kappa shape index (κ2) is 13.7. The van der Waals surface area contributed by atoms with E-state index < -0.39 is 0 Å². The molecule has 0 spiro atoms. The predicted molar refractivity (Wildman–Crippen MR) is 127 cm³/mol. The average molecular weight is 441 g/mol. The molecule has 0 atom stereocenters. The van der Waals surface area contributed by atoms with E-state index in [0.29, 0.717) is 19.3 Å². The third-order valence-electron chi connectivity index (χ3n) is 5.37. The largest absolute Gasteiger partial charge is 0.487 e. The summed E-state index contributed by atoms with van der Waals surface area (Å²) in [5, 5.41) is 3.43. The molecule has 3 rings (SSSR count). The Morgan fingerprint density at radius 1 is 1.12 bits per heavy atom. The van der Waals surface area contributed by atoms with Crippen LogP contribution in [0.5, 0.6) is 5.75 Å². The number of ether oxygens (including phenoxy) is 3. The van der Waals surface area contributed by atoms with E-state index in [9.17, 15) is 0 Å². The predicted octanol–water partition coefficient (Wildman–Crippen LogP) is 3.64. The lowest BCUT2D eigenvalue weighted by Gasteiger charge is -2.34. The number of guanidine groups is 1. The van der Waals surface area contributed by atoms with Gasteiger partial charge in [-0.15, -0.1) is 0 Å². The van der Waals surface area contributed by atoms with Crippen LogP contribution in [0.15, 0.2) is 53.7 Å². The Morgan fingerprint density at radius 2 is 1.94 bits per heavy atom. The molecule has 2 heterocycles. The van der Waals surface area contributed by atoms with E-state index in [0.717, 1.165) is 75.1 Å². The number of methoxy groups -OCH3 is 1. The quantitative estimate of drug-likeness (QED) is 0.327. The summed E-state index contributed by atoms with van der Waals surface area (Å²) in [4.78, 5) is 11.5. The Labute approximate surface area is 191 Å². The zero-order valence-electron chi connectivity index (χ0n) is 19.3. The van der Waals surface area contributed by atoms with Gasteiger partial charge in [-0.2, -0.15) is 0 Å². The first-order valence-electron chi connectivity index (χ1n) is 11.5. The summed E-state index contributed by atoms with van der Waals surface area (Å²) < 4.78 is 16.9. The maximum atomic E-state index is 5.98. The first kappa shape index (κ1) is 24.0. The minimum absolute atomic E-state index is 0.338. The fourth-order valence-corrected chi connectivity index (χ4v) is 3.61. The molecule has 1 aromatic carbocycles. The molecule has 1 aliphatic heterocycles. The zero-order valence-corrected chi connectivity index (χ0v) is 19.3. The zero-order chi connectivity index (χ0) is 22.4. The van der Waals surface area contributed by atoms with Crippen LogP contribution in [0, 0.1) is 0 Å². The molecular formula is C25H36N4O3. The minimum Gasteiger partial charge on any atom is -0.487 e. The fourth-order valence-electron chi connectivity index (χ4n) is 3.61. The van der Waals surface area contributed by atoms with Crippen molar-refractivity contribution < 1.29 is 14.2 Å². The molecule has 1 N–H and O–H groups in total. The Morgan fingerprint density at radius 3 is 2.62 bits per heavy atom. The monoisotopic (exact) mass is 440 g/mol.